The molecule has 0 saturated heterocycles. The molecule has 0 radical (unpaired) electrons. The van der Waals surface area contributed by atoms with Crippen LogP contribution in [0.25, 0.3) is 10.9 Å². The smallest absolute Gasteiger partial charge is 0.0625 e. The van der Waals surface area contributed by atoms with Crippen LogP contribution in [0.1, 0.15) is 43.5 Å². The average molecular weight is 287 g/mol. The van der Waals surface area contributed by atoms with E-state index in [0.29, 0.717) is 0 Å². The first-order valence-corrected chi connectivity index (χ1v) is 7.53. The van der Waals surface area contributed by atoms with Crippen LogP contribution in [0.4, 0.5) is 0 Å². The number of hydrogen-bond acceptors (Lipinski definition) is 3. The van der Waals surface area contributed by atoms with Gasteiger partial charge in [0.05, 0.1) is 12.6 Å². The number of aryl methyl sites for hydroxylation is 1. The number of aromatic nitrogens is 1. The van der Waals surface area contributed by atoms with Crippen molar-refractivity contribution in [2.45, 2.75) is 45.4 Å². The van der Waals surface area contributed by atoms with Crippen molar-refractivity contribution in [1.82, 2.24) is 9.47 Å². The highest BCUT2D eigenvalue weighted by atomic mass is 16.3. The molecule has 1 unspecified atom stereocenters. The second-order valence-electron chi connectivity index (χ2n) is 7.15. The number of aliphatic hydroxyl groups is 1. The van der Waals surface area contributed by atoms with Crippen molar-refractivity contribution in [2.24, 2.45) is 12.8 Å². The van der Waals surface area contributed by atoms with Gasteiger partial charge >= 0.3 is 0 Å². The Balaban J connectivity index is 2.09. The van der Waals surface area contributed by atoms with Crippen LogP contribution >= 0.6 is 0 Å². The standard InChI is InChI=1S/C17H25N3O/c1-17(2,3)20-7-11-5-13-14(15(18)10-21)9-19(4)16(13)6-12(11)8-20/h5-6,9,15,21H,7-8,10,18H2,1-4H3. The molecule has 2 heterocycles. The van der Waals surface area contributed by atoms with Crippen molar-refractivity contribution in [1.29, 1.82) is 0 Å². The molecule has 0 amide bonds. The SMILES string of the molecule is Cn1cc(C(N)CO)c2cc3c(cc21)CN(C(C)(C)C)C3. The maximum absolute atomic E-state index is 9.36. The summed E-state index contributed by atoms with van der Waals surface area (Å²) in [4.78, 5) is 2.49. The normalized spacial score (nSPS) is 17.4. The van der Waals surface area contributed by atoms with Crippen LogP contribution in [0.15, 0.2) is 18.3 Å². The Morgan fingerprint density at radius 1 is 1.24 bits per heavy atom. The number of hydrogen-bond donors (Lipinski definition) is 2. The van der Waals surface area contributed by atoms with Crippen molar-refractivity contribution in [3.05, 3.63) is 35.0 Å². The third-order valence-corrected chi connectivity index (χ3v) is 4.61. The molecule has 0 aliphatic carbocycles. The zero-order valence-electron chi connectivity index (χ0n) is 13.3. The molecule has 1 atom stereocenters. The molecule has 0 spiro atoms. The minimum Gasteiger partial charge on any atom is -0.394 e. The highest BCUT2D eigenvalue weighted by Gasteiger charge is 2.29. The average Bonchev–Trinajstić information content (AvgIpc) is 2.97. The van der Waals surface area contributed by atoms with Crippen molar-refractivity contribution in [3.63, 3.8) is 0 Å². The van der Waals surface area contributed by atoms with Crippen molar-refractivity contribution < 1.29 is 5.11 Å². The molecule has 0 fully saturated rings. The molecule has 1 aliphatic rings. The van der Waals surface area contributed by atoms with Crippen LogP contribution in [0.2, 0.25) is 0 Å². The summed E-state index contributed by atoms with van der Waals surface area (Å²) in [7, 11) is 2.04. The van der Waals surface area contributed by atoms with Crippen molar-refractivity contribution >= 4 is 10.9 Å². The first-order chi connectivity index (χ1) is 9.81. The Morgan fingerprint density at radius 3 is 2.43 bits per heavy atom. The van der Waals surface area contributed by atoms with Crippen LogP contribution < -0.4 is 5.73 Å². The van der Waals surface area contributed by atoms with Gasteiger partial charge in [0.25, 0.3) is 0 Å². The van der Waals surface area contributed by atoms with Gasteiger partial charge in [-0.15, -0.1) is 0 Å². The Labute approximate surface area is 126 Å². The third kappa shape index (κ3) is 2.37. The monoisotopic (exact) mass is 287 g/mol. The lowest BCUT2D eigenvalue weighted by Crippen LogP contribution is -2.36. The van der Waals surface area contributed by atoms with E-state index in [9.17, 15) is 5.11 Å². The molecule has 21 heavy (non-hydrogen) atoms. The van der Waals surface area contributed by atoms with E-state index in [1.54, 1.807) is 0 Å². The molecular formula is C17H25N3O. The van der Waals surface area contributed by atoms with Gasteiger partial charge in [-0.05, 0) is 49.6 Å². The lowest BCUT2D eigenvalue weighted by molar-refractivity contribution is 0.136. The highest BCUT2D eigenvalue weighted by Crippen LogP contribution is 2.34. The Hall–Kier alpha value is -1.36. The van der Waals surface area contributed by atoms with Gasteiger partial charge < -0.3 is 15.4 Å². The maximum atomic E-state index is 9.36. The van der Waals surface area contributed by atoms with Crippen LogP contribution in [-0.4, -0.2) is 26.7 Å². The molecule has 0 saturated carbocycles. The topological polar surface area (TPSA) is 54.4 Å². The maximum Gasteiger partial charge on any atom is 0.0625 e. The molecule has 4 heteroatoms. The summed E-state index contributed by atoms with van der Waals surface area (Å²) in [5, 5.41) is 10.5. The summed E-state index contributed by atoms with van der Waals surface area (Å²) in [6, 6.07) is 4.23. The van der Waals surface area contributed by atoms with Crippen LogP contribution in [-0.2, 0) is 20.1 Å². The van der Waals surface area contributed by atoms with E-state index >= 15 is 0 Å². The van der Waals surface area contributed by atoms with Crippen molar-refractivity contribution in [3.8, 4) is 0 Å². The van der Waals surface area contributed by atoms with Gasteiger partial charge in [0.1, 0.15) is 0 Å². The van der Waals surface area contributed by atoms with E-state index in [-0.39, 0.29) is 18.2 Å². The van der Waals surface area contributed by atoms with E-state index in [1.807, 2.05) is 13.2 Å². The summed E-state index contributed by atoms with van der Waals surface area (Å²) in [6.45, 7) is 8.73. The predicted molar refractivity (Wildman–Crippen MR) is 85.9 cm³/mol. The number of fused-ring (bicyclic) bond motifs is 2. The summed E-state index contributed by atoms with van der Waals surface area (Å²) in [5.41, 5.74) is 11.2. The van der Waals surface area contributed by atoms with Crippen molar-refractivity contribution in [2.75, 3.05) is 6.61 Å². The Kier molecular flexibility index (Phi) is 3.35. The molecule has 4 nitrogen and oxygen atoms in total. The summed E-state index contributed by atoms with van der Waals surface area (Å²) in [5.74, 6) is 0. The minimum absolute atomic E-state index is 0.0235. The van der Waals surface area contributed by atoms with Gasteiger partial charge in [-0.3, -0.25) is 4.90 Å². The fraction of sp³-hybridized carbons (Fsp3) is 0.529. The Bertz CT molecular complexity index is 681. The van der Waals surface area contributed by atoms with E-state index in [1.165, 1.54) is 22.0 Å². The first kappa shape index (κ1) is 14.6. The van der Waals surface area contributed by atoms with Gasteiger partial charge in [-0.2, -0.15) is 0 Å². The second kappa shape index (κ2) is 4.83. The number of nitrogens with zero attached hydrogens (tertiary/aromatic N) is 2. The number of nitrogens with two attached hydrogens (primary N) is 1. The van der Waals surface area contributed by atoms with Gasteiger partial charge in [0.15, 0.2) is 0 Å². The lowest BCUT2D eigenvalue weighted by atomic mass is 10.0. The van der Waals surface area contributed by atoms with E-state index < -0.39 is 0 Å². The molecule has 3 N–H and O–H groups in total. The third-order valence-electron chi connectivity index (χ3n) is 4.61. The number of benzene rings is 1. The van der Waals surface area contributed by atoms with Crippen LogP contribution in [0, 0.1) is 0 Å². The fourth-order valence-electron chi connectivity index (χ4n) is 3.18. The van der Waals surface area contributed by atoms with Gasteiger partial charge in [-0.25, -0.2) is 0 Å². The molecule has 3 rings (SSSR count). The zero-order chi connectivity index (χ0) is 15.4. The summed E-state index contributed by atoms with van der Waals surface area (Å²) in [6.07, 6.45) is 2.04. The van der Waals surface area contributed by atoms with Crippen LogP contribution in [0.3, 0.4) is 0 Å². The predicted octanol–water partition coefficient (Wildman–Crippen LogP) is 2.28. The zero-order valence-corrected chi connectivity index (χ0v) is 13.3. The van der Waals surface area contributed by atoms with Gasteiger partial charge in [-0.1, -0.05) is 0 Å². The van der Waals surface area contributed by atoms with Crippen LogP contribution in [0.5, 0.6) is 0 Å². The van der Waals surface area contributed by atoms with E-state index in [0.717, 1.165) is 18.7 Å². The Morgan fingerprint density at radius 2 is 1.86 bits per heavy atom. The molecule has 114 valence electrons. The second-order valence-corrected chi connectivity index (χ2v) is 7.15. The van der Waals surface area contributed by atoms with Gasteiger partial charge in [0.2, 0.25) is 0 Å². The molecule has 1 aromatic heterocycles. The summed E-state index contributed by atoms with van der Waals surface area (Å²) >= 11 is 0. The highest BCUT2D eigenvalue weighted by molar-refractivity contribution is 5.86. The quantitative estimate of drug-likeness (QED) is 0.891. The fourth-order valence-corrected chi connectivity index (χ4v) is 3.18. The molecule has 1 aromatic carbocycles. The van der Waals surface area contributed by atoms with E-state index in [4.69, 9.17) is 5.73 Å². The molecule has 2 aromatic rings. The first-order valence-electron chi connectivity index (χ1n) is 7.53. The molecular weight excluding hydrogens is 262 g/mol. The number of aliphatic hydroxyl groups excluding tert-OH is 1. The van der Waals surface area contributed by atoms with E-state index in [2.05, 4.69) is 42.4 Å². The molecule has 1 aliphatic heterocycles. The largest absolute Gasteiger partial charge is 0.394 e. The minimum atomic E-state index is -0.313. The van der Waals surface area contributed by atoms with Gasteiger partial charge in [0, 0.05) is 42.8 Å². The number of rotatable bonds is 2. The molecule has 0 bridgehead atoms. The lowest BCUT2D eigenvalue weighted by Gasteiger charge is -2.31. The summed E-state index contributed by atoms with van der Waals surface area (Å²) < 4.78 is 2.11.